The lowest BCUT2D eigenvalue weighted by atomic mass is 10.00. The molecule has 6 heteroatoms. The second kappa shape index (κ2) is 4.03. The molecule has 2 heterocycles. The van der Waals surface area contributed by atoms with Gasteiger partial charge in [-0.1, -0.05) is 0 Å². The van der Waals surface area contributed by atoms with Crippen LogP contribution in [0.25, 0.3) is 0 Å². The minimum absolute atomic E-state index is 0.194. The number of carboxylic acids is 1. The van der Waals surface area contributed by atoms with E-state index in [0.717, 1.165) is 10.6 Å². The van der Waals surface area contributed by atoms with E-state index in [1.54, 1.807) is 0 Å². The Morgan fingerprint density at radius 1 is 1.62 bits per heavy atom. The molecule has 2 N–H and O–H groups in total. The van der Waals surface area contributed by atoms with Crippen LogP contribution >= 0.6 is 11.3 Å². The van der Waals surface area contributed by atoms with Crippen molar-refractivity contribution in [2.75, 3.05) is 18.5 Å². The molecule has 0 bridgehead atoms. The molecule has 1 unspecified atom stereocenters. The quantitative estimate of drug-likeness (QED) is 0.838. The predicted molar refractivity (Wildman–Crippen MR) is 61.0 cm³/mol. The number of hydrogen-bond acceptors (Lipinski definition) is 5. The Labute approximate surface area is 97.5 Å². The minimum Gasteiger partial charge on any atom is -0.479 e. The Morgan fingerprint density at radius 2 is 2.38 bits per heavy atom. The van der Waals surface area contributed by atoms with Gasteiger partial charge < -0.3 is 15.2 Å². The molecular weight excluding hydrogens is 228 g/mol. The van der Waals surface area contributed by atoms with Crippen LogP contribution in [0.3, 0.4) is 0 Å². The van der Waals surface area contributed by atoms with E-state index in [1.165, 1.54) is 11.3 Å². The molecule has 1 aliphatic rings. The summed E-state index contributed by atoms with van der Waals surface area (Å²) in [4.78, 5) is 16.6. The summed E-state index contributed by atoms with van der Waals surface area (Å²) < 4.78 is 5.16. The molecule has 1 aromatic heterocycles. The van der Waals surface area contributed by atoms with Gasteiger partial charge in [0.1, 0.15) is 0 Å². The summed E-state index contributed by atoms with van der Waals surface area (Å²) in [5.41, 5.74) is -0.0662. The molecular formula is C10H14N2O3S. The largest absolute Gasteiger partial charge is 0.479 e. The maximum Gasteiger partial charge on any atom is 0.331 e. The van der Waals surface area contributed by atoms with E-state index in [-0.39, 0.29) is 6.61 Å². The number of aryl methyl sites for hydroxylation is 2. The molecule has 1 aromatic rings. The topological polar surface area (TPSA) is 71.5 Å². The van der Waals surface area contributed by atoms with Crippen molar-refractivity contribution in [3.05, 3.63) is 10.6 Å². The van der Waals surface area contributed by atoms with Gasteiger partial charge in [-0.05, 0) is 13.8 Å². The Balaban J connectivity index is 2.21. The van der Waals surface area contributed by atoms with Crippen molar-refractivity contribution in [1.82, 2.24) is 4.98 Å². The van der Waals surface area contributed by atoms with Crippen LogP contribution in [-0.4, -0.2) is 34.8 Å². The Kier molecular flexibility index (Phi) is 2.86. The molecule has 1 atom stereocenters. The summed E-state index contributed by atoms with van der Waals surface area (Å²) in [6.45, 7) is 4.55. The van der Waals surface area contributed by atoms with Gasteiger partial charge in [-0.25, -0.2) is 9.78 Å². The summed E-state index contributed by atoms with van der Waals surface area (Å²) in [5, 5.41) is 12.9. The van der Waals surface area contributed by atoms with Crippen molar-refractivity contribution in [2.45, 2.75) is 25.8 Å². The molecule has 0 aromatic carbocycles. The SMILES string of the molecule is Cc1nc(NC2(C(=O)O)CCOC2)sc1C. The van der Waals surface area contributed by atoms with E-state index >= 15 is 0 Å². The first kappa shape index (κ1) is 11.3. The van der Waals surface area contributed by atoms with Gasteiger partial charge in [0.25, 0.3) is 0 Å². The molecule has 1 saturated heterocycles. The average Bonchev–Trinajstić information content (AvgIpc) is 2.77. The van der Waals surface area contributed by atoms with Gasteiger partial charge in [0.15, 0.2) is 10.7 Å². The number of aromatic nitrogens is 1. The smallest absolute Gasteiger partial charge is 0.331 e. The summed E-state index contributed by atoms with van der Waals surface area (Å²) in [6, 6.07) is 0. The average molecular weight is 242 g/mol. The third-order valence-electron chi connectivity index (χ3n) is 2.81. The number of aliphatic carboxylic acids is 1. The number of hydrogen-bond donors (Lipinski definition) is 2. The highest BCUT2D eigenvalue weighted by molar-refractivity contribution is 7.15. The zero-order chi connectivity index (χ0) is 11.8. The maximum absolute atomic E-state index is 11.3. The van der Waals surface area contributed by atoms with Gasteiger partial charge in [0, 0.05) is 17.9 Å². The summed E-state index contributed by atoms with van der Waals surface area (Å²) in [7, 11) is 0. The maximum atomic E-state index is 11.3. The van der Waals surface area contributed by atoms with Crippen molar-refractivity contribution in [3.63, 3.8) is 0 Å². The molecule has 0 radical (unpaired) electrons. The van der Waals surface area contributed by atoms with Gasteiger partial charge in [0.2, 0.25) is 0 Å². The molecule has 0 spiro atoms. The third kappa shape index (κ3) is 1.90. The first-order valence-electron chi connectivity index (χ1n) is 5.07. The minimum atomic E-state index is -1.00. The van der Waals surface area contributed by atoms with Crippen molar-refractivity contribution in [3.8, 4) is 0 Å². The first-order valence-corrected chi connectivity index (χ1v) is 5.88. The van der Waals surface area contributed by atoms with Gasteiger partial charge in [-0.3, -0.25) is 0 Å². The van der Waals surface area contributed by atoms with Gasteiger partial charge in [0.05, 0.1) is 12.3 Å². The van der Waals surface area contributed by atoms with E-state index in [9.17, 15) is 9.90 Å². The van der Waals surface area contributed by atoms with Crippen molar-refractivity contribution in [2.24, 2.45) is 0 Å². The predicted octanol–water partition coefficient (Wildman–Crippen LogP) is 1.42. The molecule has 88 valence electrons. The number of carbonyl (C=O) groups is 1. The molecule has 16 heavy (non-hydrogen) atoms. The van der Waals surface area contributed by atoms with Crippen molar-refractivity contribution in [1.29, 1.82) is 0 Å². The molecule has 2 rings (SSSR count). The van der Waals surface area contributed by atoms with Crippen LogP contribution in [0, 0.1) is 13.8 Å². The van der Waals surface area contributed by atoms with Crippen LogP contribution in [-0.2, 0) is 9.53 Å². The number of carboxylic acid groups (broad SMARTS) is 1. The summed E-state index contributed by atoms with van der Waals surface area (Å²) in [5.74, 6) is -0.879. The highest BCUT2D eigenvalue weighted by Crippen LogP contribution is 2.28. The Morgan fingerprint density at radius 3 is 2.81 bits per heavy atom. The highest BCUT2D eigenvalue weighted by Gasteiger charge is 2.43. The van der Waals surface area contributed by atoms with E-state index in [4.69, 9.17) is 4.74 Å². The molecule has 0 aliphatic carbocycles. The monoisotopic (exact) mass is 242 g/mol. The van der Waals surface area contributed by atoms with E-state index in [0.29, 0.717) is 18.2 Å². The third-order valence-corrected chi connectivity index (χ3v) is 3.79. The molecule has 1 fully saturated rings. The second-order valence-electron chi connectivity index (χ2n) is 3.98. The normalized spacial score (nSPS) is 24.6. The number of anilines is 1. The summed E-state index contributed by atoms with van der Waals surface area (Å²) in [6.07, 6.45) is 0.472. The number of thiazole rings is 1. The number of ether oxygens (including phenoxy) is 1. The van der Waals surface area contributed by atoms with E-state index < -0.39 is 11.5 Å². The fourth-order valence-electron chi connectivity index (χ4n) is 1.62. The van der Waals surface area contributed by atoms with Crippen LogP contribution in [0.1, 0.15) is 17.0 Å². The van der Waals surface area contributed by atoms with E-state index in [2.05, 4.69) is 10.3 Å². The van der Waals surface area contributed by atoms with Crippen LogP contribution in [0.5, 0.6) is 0 Å². The van der Waals surface area contributed by atoms with Gasteiger partial charge >= 0.3 is 5.97 Å². The number of nitrogens with zero attached hydrogens (tertiary/aromatic N) is 1. The lowest BCUT2D eigenvalue weighted by Crippen LogP contribution is -2.47. The van der Waals surface area contributed by atoms with Crippen LogP contribution in [0.15, 0.2) is 0 Å². The van der Waals surface area contributed by atoms with Gasteiger partial charge in [-0.2, -0.15) is 0 Å². The molecule has 0 amide bonds. The number of rotatable bonds is 3. The van der Waals surface area contributed by atoms with Crippen molar-refractivity contribution >= 4 is 22.4 Å². The van der Waals surface area contributed by atoms with Crippen molar-refractivity contribution < 1.29 is 14.6 Å². The van der Waals surface area contributed by atoms with Crippen LogP contribution in [0.2, 0.25) is 0 Å². The lowest BCUT2D eigenvalue weighted by Gasteiger charge is -2.22. The second-order valence-corrected chi connectivity index (χ2v) is 5.18. The van der Waals surface area contributed by atoms with Crippen LogP contribution in [0.4, 0.5) is 5.13 Å². The van der Waals surface area contributed by atoms with Crippen LogP contribution < -0.4 is 5.32 Å². The highest BCUT2D eigenvalue weighted by atomic mass is 32.1. The Hall–Kier alpha value is -1.14. The fourth-order valence-corrected chi connectivity index (χ4v) is 2.53. The first-order chi connectivity index (χ1) is 7.53. The fraction of sp³-hybridized carbons (Fsp3) is 0.600. The lowest BCUT2D eigenvalue weighted by molar-refractivity contribution is -0.142. The van der Waals surface area contributed by atoms with Gasteiger partial charge in [-0.15, -0.1) is 11.3 Å². The zero-order valence-corrected chi connectivity index (χ0v) is 10.1. The summed E-state index contributed by atoms with van der Waals surface area (Å²) >= 11 is 1.48. The number of nitrogens with one attached hydrogen (secondary N) is 1. The zero-order valence-electron chi connectivity index (χ0n) is 9.24. The molecule has 1 aliphatic heterocycles. The van der Waals surface area contributed by atoms with E-state index in [1.807, 2.05) is 13.8 Å². The standard InChI is InChI=1S/C10H14N2O3S/c1-6-7(2)16-9(11-6)12-10(8(13)14)3-4-15-5-10/h3-5H2,1-2H3,(H,11,12)(H,13,14). The Bertz CT molecular complexity index is 391. The molecule has 5 nitrogen and oxygen atoms in total. The molecule has 0 saturated carbocycles.